The third kappa shape index (κ3) is 7.00. The summed E-state index contributed by atoms with van der Waals surface area (Å²) in [5.41, 5.74) is 0. The number of rotatable bonds is 6. The summed E-state index contributed by atoms with van der Waals surface area (Å²) < 4.78 is 29.1. The van der Waals surface area contributed by atoms with E-state index in [1.807, 2.05) is 32.9 Å². The molecule has 1 aromatic rings. The molecular formula is C16H30IN3O3S. The lowest BCUT2D eigenvalue weighted by Gasteiger charge is -2.19. The Morgan fingerprint density at radius 3 is 2.42 bits per heavy atom. The van der Waals surface area contributed by atoms with Crippen molar-refractivity contribution >= 4 is 39.8 Å². The van der Waals surface area contributed by atoms with Crippen LogP contribution >= 0.6 is 24.0 Å². The van der Waals surface area contributed by atoms with Crippen molar-refractivity contribution in [1.29, 1.82) is 0 Å². The van der Waals surface area contributed by atoms with Crippen molar-refractivity contribution in [3.8, 4) is 0 Å². The first kappa shape index (κ1) is 23.2. The molecule has 1 aromatic heterocycles. The molecule has 0 amide bonds. The number of hydrogen-bond acceptors (Lipinski definition) is 4. The molecule has 1 unspecified atom stereocenters. The van der Waals surface area contributed by atoms with Crippen LogP contribution in [0.1, 0.15) is 52.2 Å². The first-order chi connectivity index (χ1) is 10.6. The Hall–Kier alpha value is -0.770. The molecule has 24 heavy (non-hydrogen) atoms. The number of nitrogens with zero attached hydrogens (tertiary/aromatic N) is 1. The van der Waals surface area contributed by atoms with Crippen LogP contribution in [-0.4, -0.2) is 38.0 Å². The molecule has 1 heterocycles. The van der Waals surface area contributed by atoms with E-state index >= 15 is 0 Å². The summed E-state index contributed by atoms with van der Waals surface area (Å²) in [6.45, 7) is 11.9. The van der Waals surface area contributed by atoms with Crippen molar-refractivity contribution in [2.24, 2.45) is 4.99 Å². The summed E-state index contributed by atoms with van der Waals surface area (Å²) in [6, 6.07) is 3.77. The van der Waals surface area contributed by atoms with Crippen LogP contribution in [0.4, 0.5) is 0 Å². The number of nitrogens with one attached hydrogen (secondary N) is 2. The fraction of sp³-hybridized carbons (Fsp3) is 0.688. The summed E-state index contributed by atoms with van der Waals surface area (Å²) in [4.78, 5) is 4.36. The van der Waals surface area contributed by atoms with E-state index in [1.165, 1.54) is 0 Å². The Morgan fingerprint density at radius 2 is 1.96 bits per heavy atom. The predicted molar refractivity (Wildman–Crippen MR) is 110 cm³/mol. The SMILES string of the molecule is CCNC(=NCCS(=O)(=O)C(C)(C)C)NC(C)c1ccc(C)o1.I. The maximum absolute atomic E-state index is 12.1. The Bertz CT molecular complexity index is 633. The number of halogens is 1. The quantitative estimate of drug-likeness (QED) is 0.379. The Balaban J connectivity index is 0.00000529. The summed E-state index contributed by atoms with van der Waals surface area (Å²) in [5, 5.41) is 6.34. The lowest BCUT2D eigenvalue weighted by atomic mass is 10.2. The van der Waals surface area contributed by atoms with Crippen LogP contribution < -0.4 is 10.6 Å². The topological polar surface area (TPSA) is 83.7 Å². The number of sulfone groups is 1. The zero-order valence-electron chi connectivity index (χ0n) is 15.3. The van der Waals surface area contributed by atoms with Crippen molar-refractivity contribution < 1.29 is 12.8 Å². The Kier molecular flexibility index (Phi) is 9.34. The minimum atomic E-state index is -3.17. The van der Waals surface area contributed by atoms with Gasteiger partial charge in [0.2, 0.25) is 0 Å². The highest BCUT2D eigenvalue weighted by molar-refractivity contribution is 14.0. The molecule has 6 nitrogen and oxygen atoms in total. The van der Waals surface area contributed by atoms with Gasteiger partial charge in [0.25, 0.3) is 0 Å². The first-order valence-electron chi connectivity index (χ1n) is 7.90. The van der Waals surface area contributed by atoms with Crippen molar-refractivity contribution in [2.45, 2.75) is 52.3 Å². The molecule has 8 heteroatoms. The zero-order valence-corrected chi connectivity index (χ0v) is 18.5. The average molecular weight is 471 g/mol. The summed E-state index contributed by atoms with van der Waals surface area (Å²) in [7, 11) is -3.17. The predicted octanol–water partition coefficient (Wildman–Crippen LogP) is 3.04. The second-order valence-electron chi connectivity index (χ2n) is 6.51. The molecule has 1 rings (SSSR count). The van der Waals surface area contributed by atoms with Gasteiger partial charge in [0.1, 0.15) is 11.5 Å². The van der Waals surface area contributed by atoms with Crippen LogP contribution in [-0.2, 0) is 9.84 Å². The molecule has 0 aliphatic carbocycles. The molecule has 0 saturated carbocycles. The molecule has 1 atom stereocenters. The van der Waals surface area contributed by atoms with Gasteiger partial charge in [0, 0.05) is 6.54 Å². The van der Waals surface area contributed by atoms with Crippen molar-refractivity contribution in [3.05, 3.63) is 23.7 Å². The van der Waals surface area contributed by atoms with E-state index in [2.05, 4.69) is 15.6 Å². The highest BCUT2D eigenvalue weighted by Crippen LogP contribution is 2.16. The molecule has 0 bridgehead atoms. The standard InChI is InChI=1S/C16H29N3O3S.HI/c1-7-17-15(18-10-11-23(20,21)16(4,5)6)19-13(3)14-9-8-12(2)22-14;/h8-9,13H,7,10-11H2,1-6H3,(H2,17,18,19);1H. The van der Waals surface area contributed by atoms with Gasteiger partial charge in [0.15, 0.2) is 15.8 Å². The number of hydrogen-bond donors (Lipinski definition) is 2. The molecular weight excluding hydrogens is 441 g/mol. The fourth-order valence-corrected chi connectivity index (χ4v) is 2.81. The van der Waals surface area contributed by atoms with Gasteiger partial charge in [-0.2, -0.15) is 0 Å². The normalized spacial score (nSPS) is 14.0. The molecule has 2 N–H and O–H groups in total. The lowest BCUT2D eigenvalue weighted by molar-refractivity contribution is 0.441. The van der Waals surface area contributed by atoms with Gasteiger partial charge in [-0.15, -0.1) is 24.0 Å². The van der Waals surface area contributed by atoms with Crippen molar-refractivity contribution in [3.63, 3.8) is 0 Å². The Morgan fingerprint density at radius 1 is 1.33 bits per heavy atom. The molecule has 0 aromatic carbocycles. The monoisotopic (exact) mass is 471 g/mol. The molecule has 0 aliphatic heterocycles. The van der Waals surface area contributed by atoms with E-state index in [-0.39, 0.29) is 42.3 Å². The van der Waals surface area contributed by atoms with Crippen LogP contribution in [0.5, 0.6) is 0 Å². The highest BCUT2D eigenvalue weighted by atomic mass is 127. The molecule has 0 fully saturated rings. The van der Waals surface area contributed by atoms with E-state index < -0.39 is 14.6 Å². The smallest absolute Gasteiger partial charge is 0.191 e. The minimum absolute atomic E-state index is 0. The van der Waals surface area contributed by atoms with Gasteiger partial charge in [0.05, 0.1) is 23.1 Å². The Labute approximate surface area is 162 Å². The van der Waals surface area contributed by atoms with Gasteiger partial charge >= 0.3 is 0 Å². The summed E-state index contributed by atoms with van der Waals surface area (Å²) >= 11 is 0. The van der Waals surface area contributed by atoms with Crippen LogP contribution in [0.3, 0.4) is 0 Å². The number of aryl methyl sites for hydroxylation is 1. The summed E-state index contributed by atoms with van der Waals surface area (Å²) in [5.74, 6) is 2.28. The second-order valence-corrected chi connectivity index (χ2v) is 9.37. The highest BCUT2D eigenvalue weighted by Gasteiger charge is 2.28. The van der Waals surface area contributed by atoms with E-state index in [0.717, 1.165) is 11.5 Å². The van der Waals surface area contributed by atoms with E-state index in [0.29, 0.717) is 12.5 Å². The first-order valence-corrected chi connectivity index (χ1v) is 9.55. The molecule has 0 saturated heterocycles. The maximum Gasteiger partial charge on any atom is 0.191 e. The van der Waals surface area contributed by atoms with E-state index in [4.69, 9.17) is 4.42 Å². The molecule has 140 valence electrons. The van der Waals surface area contributed by atoms with Gasteiger partial charge < -0.3 is 15.1 Å². The van der Waals surface area contributed by atoms with Gasteiger partial charge in [-0.25, -0.2) is 8.42 Å². The zero-order chi connectivity index (χ0) is 17.7. The van der Waals surface area contributed by atoms with Gasteiger partial charge in [-0.3, -0.25) is 4.99 Å². The minimum Gasteiger partial charge on any atom is -0.464 e. The molecule has 0 radical (unpaired) electrons. The van der Waals surface area contributed by atoms with Crippen molar-refractivity contribution in [2.75, 3.05) is 18.8 Å². The van der Waals surface area contributed by atoms with Crippen LogP contribution in [0.15, 0.2) is 21.5 Å². The van der Waals surface area contributed by atoms with E-state index in [1.54, 1.807) is 20.8 Å². The van der Waals surface area contributed by atoms with Crippen LogP contribution in [0.25, 0.3) is 0 Å². The van der Waals surface area contributed by atoms with Crippen LogP contribution in [0, 0.1) is 6.92 Å². The number of guanidine groups is 1. The third-order valence-corrected chi connectivity index (χ3v) is 6.03. The second kappa shape index (κ2) is 9.65. The van der Waals surface area contributed by atoms with Gasteiger partial charge in [-0.05, 0) is 53.7 Å². The van der Waals surface area contributed by atoms with E-state index in [9.17, 15) is 8.42 Å². The lowest BCUT2D eigenvalue weighted by Crippen LogP contribution is -2.39. The van der Waals surface area contributed by atoms with Gasteiger partial charge in [-0.1, -0.05) is 0 Å². The third-order valence-electron chi connectivity index (χ3n) is 3.45. The summed E-state index contributed by atoms with van der Waals surface area (Å²) in [6.07, 6.45) is 0. The molecule has 0 aliphatic rings. The number of aliphatic imine (C=N–C) groups is 1. The average Bonchev–Trinajstić information content (AvgIpc) is 2.84. The maximum atomic E-state index is 12.1. The molecule has 0 spiro atoms. The van der Waals surface area contributed by atoms with Crippen molar-refractivity contribution in [1.82, 2.24) is 10.6 Å². The largest absolute Gasteiger partial charge is 0.464 e. The fourth-order valence-electron chi connectivity index (χ4n) is 1.87. The number of furan rings is 1. The van der Waals surface area contributed by atoms with Crippen LogP contribution in [0.2, 0.25) is 0 Å².